The van der Waals surface area contributed by atoms with Crippen molar-refractivity contribution in [3.63, 3.8) is 0 Å². The molecule has 1 aromatic rings. The molecule has 0 radical (unpaired) electrons. The van der Waals surface area contributed by atoms with Crippen LogP contribution in [-0.2, 0) is 0 Å². The minimum atomic E-state index is 0.534. The quantitative estimate of drug-likeness (QED) is 0.816. The highest BCUT2D eigenvalue weighted by Crippen LogP contribution is 2.31. The lowest BCUT2D eigenvalue weighted by Gasteiger charge is -2.20. The molecular weight excluding hydrogens is 224 g/mol. The molecule has 0 spiro atoms. The van der Waals surface area contributed by atoms with Crippen LogP contribution >= 0.6 is 0 Å². The average molecular weight is 250 g/mol. The second-order valence-corrected chi connectivity index (χ2v) is 4.91. The average Bonchev–Trinajstić information content (AvgIpc) is 2.38. The summed E-state index contributed by atoms with van der Waals surface area (Å²) in [5, 5.41) is 3.54. The van der Waals surface area contributed by atoms with Gasteiger partial charge in [-0.15, -0.1) is 0 Å². The van der Waals surface area contributed by atoms with Crippen LogP contribution in [0.3, 0.4) is 0 Å². The van der Waals surface area contributed by atoms with Gasteiger partial charge in [-0.3, -0.25) is 0 Å². The summed E-state index contributed by atoms with van der Waals surface area (Å²) in [7, 11) is 1.72. The molecule has 0 aliphatic heterocycles. The molecule has 0 saturated carbocycles. The monoisotopic (exact) mass is 250 g/mol. The molecule has 1 atom stereocenters. The van der Waals surface area contributed by atoms with Crippen LogP contribution in [0.2, 0.25) is 0 Å². The van der Waals surface area contributed by atoms with E-state index in [9.17, 15) is 0 Å². The van der Waals surface area contributed by atoms with Gasteiger partial charge in [0.25, 0.3) is 0 Å². The minimum Gasteiger partial charge on any atom is -0.496 e. The van der Waals surface area contributed by atoms with Crippen LogP contribution in [0.25, 0.3) is 0 Å². The molecule has 18 heavy (non-hydrogen) atoms. The van der Waals surface area contributed by atoms with Crippen molar-refractivity contribution in [2.45, 2.75) is 34.1 Å². The summed E-state index contributed by atoms with van der Waals surface area (Å²) in [6, 6.07) is 2.09. The predicted molar refractivity (Wildman–Crippen MR) is 78.5 cm³/mol. The summed E-state index contributed by atoms with van der Waals surface area (Å²) in [4.78, 5) is 0. The Labute approximate surface area is 111 Å². The van der Waals surface area contributed by atoms with Gasteiger partial charge in [-0.1, -0.05) is 13.3 Å². The molecule has 0 aliphatic carbocycles. The largest absolute Gasteiger partial charge is 0.496 e. The van der Waals surface area contributed by atoms with E-state index < -0.39 is 0 Å². The molecule has 0 heterocycles. The Morgan fingerprint density at radius 1 is 1.28 bits per heavy atom. The van der Waals surface area contributed by atoms with Gasteiger partial charge in [-0.2, -0.15) is 0 Å². The lowest BCUT2D eigenvalue weighted by atomic mass is 10.0. The van der Waals surface area contributed by atoms with Gasteiger partial charge in [0.15, 0.2) is 0 Å². The normalized spacial score (nSPS) is 12.3. The molecule has 0 amide bonds. The Bertz CT molecular complexity index is 398. The number of benzene rings is 1. The van der Waals surface area contributed by atoms with Crippen molar-refractivity contribution < 1.29 is 4.74 Å². The van der Waals surface area contributed by atoms with Gasteiger partial charge in [0.2, 0.25) is 0 Å². The summed E-state index contributed by atoms with van der Waals surface area (Å²) < 4.78 is 5.38. The van der Waals surface area contributed by atoms with Crippen LogP contribution in [0.5, 0.6) is 5.75 Å². The zero-order valence-electron chi connectivity index (χ0n) is 12.3. The van der Waals surface area contributed by atoms with Crippen LogP contribution in [0, 0.1) is 26.7 Å². The zero-order valence-corrected chi connectivity index (χ0v) is 12.3. The molecule has 0 bridgehead atoms. The third-order valence-electron chi connectivity index (χ3n) is 3.75. The van der Waals surface area contributed by atoms with Crippen molar-refractivity contribution >= 4 is 5.69 Å². The Balaban J connectivity index is 2.92. The zero-order chi connectivity index (χ0) is 13.7. The maximum Gasteiger partial charge on any atom is 0.122 e. The van der Waals surface area contributed by atoms with Crippen LogP contribution in [0.4, 0.5) is 5.69 Å². The summed E-state index contributed by atoms with van der Waals surface area (Å²) in [6.07, 6.45) is 1.11. The van der Waals surface area contributed by atoms with Gasteiger partial charge in [0, 0.05) is 12.2 Å². The van der Waals surface area contributed by atoms with Crippen LogP contribution in [-0.4, -0.2) is 20.2 Å². The smallest absolute Gasteiger partial charge is 0.122 e. The van der Waals surface area contributed by atoms with E-state index in [0.717, 1.165) is 25.3 Å². The van der Waals surface area contributed by atoms with Crippen molar-refractivity contribution in [1.29, 1.82) is 0 Å². The third kappa shape index (κ3) is 3.16. The molecular formula is C15H26N2O. The molecule has 1 unspecified atom stereocenters. The Morgan fingerprint density at radius 3 is 2.44 bits per heavy atom. The Morgan fingerprint density at radius 2 is 1.94 bits per heavy atom. The number of methoxy groups -OCH3 is 1. The fourth-order valence-corrected chi connectivity index (χ4v) is 2.17. The number of nitrogens with one attached hydrogen (secondary N) is 1. The maximum atomic E-state index is 5.74. The first-order valence-corrected chi connectivity index (χ1v) is 6.63. The maximum absolute atomic E-state index is 5.74. The molecule has 102 valence electrons. The van der Waals surface area contributed by atoms with Gasteiger partial charge in [0.1, 0.15) is 5.75 Å². The molecule has 1 aromatic carbocycles. The highest BCUT2D eigenvalue weighted by atomic mass is 16.5. The van der Waals surface area contributed by atoms with Crippen molar-refractivity contribution in [2.24, 2.45) is 11.7 Å². The standard InChI is InChI=1S/C15H26N2O/c1-6-13(8-16)9-17-15-10(2)7-14(18-5)11(3)12(15)4/h7,13,17H,6,8-9,16H2,1-5H3. The van der Waals surface area contributed by atoms with Crippen LogP contribution in [0.15, 0.2) is 6.07 Å². The van der Waals surface area contributed by atoms with Crippen molar-refractivity contribution in [1.82, 2.24) is 0 Å². The van der Waals surface area contributed by atoms with Crippen LogP contribution < -0.4 is 15.8 Å². The number of rotatable bonds is 6. The van der Waals surface area contributed by atoms with E-state index in [-0.39, 0.29) is 0 Å². The molecule has 0 aliphatic rings. The predicted octanol–water partition coefficient (Wildman–Crippen LogP) is 3.02. The first-order chi connectivity index (χ1) is 8.54. The van der Waals surface area contributed by atoms with Crippen molar-refractivity contribution in [3.05, 3.63) is 22.8 Å². The number of nitrogens with two attached hydrogens (primary N) is 1. The molecule has 0 fully saturated rings. The van der Waals surface area contributed by atoms with Crippen molar-refractivity contribution in [3.8, 4) is 5.75 Å². The summed E-state index contributed by atoms with van der Waals surface area (Å²) in [6.45, 7) is 10.2. The molecule has 0 saturated heterocycles. The fourth-order valence-electron chi connectivity index (χ4n) is 2.17. The molecule has 3 N–H and O–H groups in total. The van der Waals surface area contributed by atoms with Gasteiger partial charge in [0.05, 0.1) is 7.11 Å². The van der Waals surface area contributed by atoms with E-state index in [1.807, 2.05) is 0 Å². The van der Waals surface area contributed by atoms with E-state index in [1.54, 1.807) is 7.11 Å². The summed E-state index contributed by atoms with van der Waals surface area (Å²) in [5.74, 6) is 1.49. The van der Waals surface area contributed by atoms with Gasteiger partial charge >= 0.3 is 0 Å². The highest BCUT2D eigenvalue weighted by Gasteiger charge is 2.11. The summed E-state index contributed by atoms with van der Waals surface area (Å²) >= 11 is 0. The second-order valence-electron chi connectivity index (χ2n) is 4.91. The van der Waals surface area contributed by atoms with E-state index in [4.69, 9.17) is 10.5 Å². The van der Waals surface area contributed by atoms with Crippen LogP contribution in [0.1, 0.15) is 30.0 Å². The molecule has 1 rings (SSSR count). The first kappa shape index (κ1) is 14.8. The molecule has 0 aromatic heterocycles. The summed E-state index contributed by atoms with van der Waals surface area (Å²) in [5.41, 5.74) is 10.6. The Hall–Kier alpha value is -1.22. The van der Waals surface area contributed by atoms with E-state index in [2.05, 4.69) is 39.1 Å². The SMILES string of the molecule is CCC(CN)CNc1c(C)cc(OC)c(C)c1C. The molecule has 3 nitrogen and oxygen atoms in total. The van der Waals surface area contributed by atoms with E-state index in [0.29, 0.717) is 5.92 Å². The Kier molecular flexibility index (Phi) is 5.48. The van der Waals surface area contributed by atoms with Gasteiger partial charge < -0.3 is 15.8 Å². The number of hydrogen-bond donors (Lipinski definition) is 2. The topological polar surface area (TPSA) is 47.3 Å². The van der Waals surface area contributed by atoms with Crippen molar-refractivity contribution in [2.75, 3.05) is 25.5 Å². The number of hydrogen-bond acceptors (Lipinski definition) is 3. The molecule has 3 heteroatoms. The lowest BCUT2D eigenvalue weighted by Crippen LogP contribution is -2.22. The number of aryl methyl sites for hydroxylation is 1. The van der Waals surface area contributed by atoms with E-state index in [1.165, 1.54) is 22.4 Å². The van der Waals surface area contributed by atoms with Gasteiger partial charge in [-0.25, -0.2) is 0 Å². The first-order valence-electron chi connectivity index (χ1n) is 6.63. The second kappa shape index (κ2) is 6.64. The minimum absolute atomic E-state index is 0.534. The fraction of sp³-hybridized carbons (Fsp3) is 0.600. The van der Waals surface area contributed by atoms with E-state index >= 15 is 0 Å². The lowest BCUT2D eigenvalue weighted by molar-refractivity contribution is 0.411. The van der Waals surface area contributed by atoms with Gasteiger partial charge in [-0.05, 0) is 56.0 Å². The number of ether oxygens (including phenoxy) is 1. The third-order valence-corrected chi connectivity index (χ3v) is 3.75. The highest BCUT2D eigenvalue weighted by molar-refractivity contribution is 5.63. The number of anilines is 1.